The first-order chi connectivity index (χ1) is 12.1. The Morgan fingerprint density at radius 2 is 1.76 bits per heavy atom. The third-order valence-electron chi connectivity index (χ3n) is 4.52. The molecule has 0 saturated carbocycles. The van der Waals surface area contributed by atoms with E-state index < -0.39 is 0 Å². The van der Waals surface area contributed by atoms with Crippen molar-refractivity contribution in [2.45, 2.75) is 39.5 Å². The molecule has 25 heavy (non-hydrogen) atoms. The van der Waals surface area contributed by atoms with Crippen LogP contribution < -0.4 is 0 Å². The van der Waals surface area contributed by atoms with E-state index in [0.717, 1.165) is 29.9 Å². The van der Waals surface area contributed by atoms with Crippen LogP contribution in [-0.2, 0) is 11.2 Å². The third-order valence-corrected chi connectivity index (χ3v) is 4.52. The molecule has 0 fully saturated rings. The number of carbonyl (C=O) groups excluding carboxylic acids is 2. The summed E-state index contributed by atoms with van der Waals surface area (Å²) in [5, 5.41) is 0. The van der Waals surface area contributed by atoms with Crippen LogP contribution in [0, 0.1) is 0 Å². The van der Waals surface area contributed by atoms with E-state index in [-0.39, 0.29) is 11.6 Å². The zero-order chi connectivity index (χ0) is 17.8. The maximum absolute atomic E-state index is 11.5. The van der Waals surface area contributed by atoms with Crippen molar-refractivity contribution in [2.24, 2.45) is 0 Å². The molecule has 0 amide bonds. The van der Waals surface area contributed by atoms with E-state index in [9.17, 15) is 9.59 Å². The van der Waals surface area contributed by atoms with Crippen LogP contribution in [-0.4, -0.2) is 16.1 Å². The molecule has 3 heteroatoms. The van der Waals surface area contributed by atoms with Gasteiger partial charge in [0.25, 0.3) is 0 Å². The van der Waals surface area contributed by atoms with Crippen LogP contribution in [0.4, 0.5) is 0 Å². The fourth-order valence-electron chi connectivity index (χ4n) is 3.16. The first-order valence-electron chi connectivity index (χ1n) is 8.75. The molecule has 1 aliphatic rings. The second-order valence-corrected chi connectivity index (χ2v) is 6.49. The van der Waals surface area contributed by atoms with Gasteiger partial charge < -0.3 is 9.36 Å². The fraction of sp³-hybridized carbons (Fsp3) is 0.273. The molecule has 128 valence electrons. The highest BCUT2D eigenvalue weighted by Gasteiger charge is 2.14. The predicted octanol–water partition coefficient (Wildman–Crippen LogP) is 4.93. The molecule has 1 aromatic carbocycles. The van der Waals surface area contributed by atoms with Gasteiger partial charge in [-0.3, -0.25) is 4.79 Å². The van der Waals surface area contributed by atoms with Gasteiger partial charge in [0.1, 0.15) is 5.78 Å². The zero-order valence-electron chi connectivity index (χ0n) is 14.8. The number of allylic oxidation sites excluding steroid dienone is 4. The lowest BCUT2D eigenvalue weighted by Crippen LogP contribution is -2.06. The van der Waals surface area contributed by atoms with Crippen LogP contribution in [0.2, 0.25) is 0 Å². The second-order valence-electron chi connectivity index (χ2n) is 6.49. The first kappa shape index (κ1) is 17.2. The Labute approximate surface area is 148 Å². The van der Waals surface area contributed by atoms with Crippen LogP contribution in [0.1, 0.15) is 54.9 Å². The number of ketones is 2. The van der Waals surface area contributed by atoms with Crippen molar-refractivity contribution in [1.29, 1.82) is 0 Å². The molecule has 1 heterocycles. The maximum atomic E-state index is 11.5. The molecule has 0 N–H and O–H groups in total. The Kier molecular flexibility index (Phi) is 5.13. The minimum absolute atomic E-state index is 0.0639. The smallest absolute Gasteiger partial charge is 0.159 e. The molecule has 0 spiro atoms. The van der Waals surface area contributed by atoms with Gasteiger partial charge in [-0.25, -0.2) is 0 Å². The number of aromatic nitrogens is 1. The minimum atomic E-state index is 0.0639. The standard InChI is InChI=1S/C22H23NO2/c1-16(24)8-11-20-14-15-22(19-6-4-3-5-7-19)23(20)21-12-9-18(10-13-21)17(2)25/h4,6-7,9-10,12-15H,3,5,8,11H2,1-2H3. The van der Waals surface area contributed by atoms with Gasteiger partial charge in [0, 0.05) is 23.4 Å². The van der Waals surface area contributed by atoms with E-state index in [4.69, 9.17) is 0 Å². The van der Waals surface area contributed by atoms with Crippen molar-refractivity contribution in [2.75, 3.05) is 0 Å². The monoisotopic (exact) mass is 333 g/mol. The van der Waals surface area contributed by atoms with E-state index in [1.54, 1.807) is 13.8 Å². The Hall–Kier alpha value is -2.68. The van der Waals surface area contributed by atoms with E-state index in [1.807, 2.05) is 24.3 Å². The number of nitrogens with zero attached hydrogens (tertiary/aromatic N) is 1. The fourth-order valence-corrected chi connectivity index (χ4v) is 3.16. The van der Waals surface area contributed by atoms with E-state index in [2.05, 4.69) is 34.9 Å². The molecule has 2 aromatic rings. The average Bonchev–Trinajstić information content (AvgIpc) is 3.04. The van der Waals surface area contributed by atoms with Gasteiger partial charge in [-0.2, -0.15) is 0 Å². The first-order valence-corrected chi connectivity index (χ1v) is 8.75. The Morgan fingerprint density at radius 3 is 2.36 bits per heavy atom. The quantitative estimate of drug-likeness (QED) is 0.703. The molecule has 0 aliphatic heterocycles. The summed E-state index contributed by atoms with van der Waals surface area (Å²) in [6.45, 7) is 3.20. The molecule has 0 bridgehead atoms. The van der Waals surface area contributed by atoms with Gasteiger partial charge in [0.05, 0.1) is 5.69 Å². The minimum Gasteiger partial charge on any atom is -0.314 e. The van der Waals surface area contributed by atoms with Gasteiger partial charge in [-0.05, 0) is 75.1 Å². The third kappa shape index (κ3) is 3.87. The number of aryl methyl sites for hydroxylation is 1. The van der Waals surface area contributed by atoms with Gasteiger partial charge in [0.2, 0.25) is 0 Å². The maximum Gasteiger partial charge on any atom is 0.159 e. The lowest BCUT2D eigenvalue weighted by atomic mass is 10.0. The van der Waals surface area contributed by atoms with Gasteiger partial charge >= 0.3 is 0 Å². The number of rotatable bonds is 6. The summed E-state index contributed by atoms with van der Waals surface area (Å²) in [7, 11) is 0. The highest BCUT2D eigenvalue weighted by Crippen LogP contribution is 2.28. The van der Waals surface area contributed by atoms with Crippen LogP contribution in [0.25, 0.3) is 11.3 Å². The zero-order valence-corrected chi connectivity index (χ0v) is 14.8. The summed E-state index contributed by atoms with van der Waals surface area (Å²) in [5.74, 6) is 0.256. The normalized spacial score (nSPS) is 13.6. The Balaban J connectivity index is 2.05. The second kappa shape index (κ2) is 7.47. The number of Topliss-reactive ketones (excluding diaryl/α,β-unsaturated/α-hetero) is 2. The predicted molar refractivity (Wildman–Crippen MR) is 101 cm³/mol. The average molecular weight is 333 g/mol. The molecule has 3 nitrogen and oxygen atoms in total. The van der Waals surface area contributed by atoms with Crippen LogP contribution in [0.3, 0.4) is 0 Å². The summed E-state index contributed by atoms with van der Waals surface area (Å²) in [6, 6.07) is 11.9. The van der Waals surface area contributed by atoms with Crippen molar-refractivity contribution in [1.82, 2.24) is 4.57 Å². The summed E-state index contributed by atoms with van der Waals surface area (Å²) in [5.41, 5.74) is 5.17. The molecule has 3 rings (SSSR count). The molecule has 0 unspecified atom stereocenters. The van der Waals surface area contributed by atoms with E-state index >= 15 is 0 Å². The highest BCUT2D eigenvalue weighted by molar-refractivity contribution is 5.94. The van der Waals surface area contributed by atoms with Gasteiger partial charge in [-0.15, -0.1) is 0 Å². The summed E-state index contributed by atoms with van der Waals surface area (Å²) in [6.07, 6.45) is 9.97. The summed E-state index contributed by atoms with van der Waals surface area (Å²) >= 11 is 0. The lowest BCUT2D eigenvalue weighted by Gasteiger charge is -2.16. The molecule has 0 atom stereocenters. The summed E-state index contributed by atoms with van der Waals surface area (Å²) < 4.78 is 2.20. The molecular weight excluding hydrogens is 310 g/mol. The van der Waals surface area contributed by atoms with Crippen molar-refractivity contribution < 1.29 is 9.59 Å². The summed E-state index contributed by atoms with van der Waals surface area (Å²) in [4.78, 5) is 23.0. The van der Waals surface area contributed by atoms with Gasteiger partial charge in [0.15, 0.2) is 5.78 Å². The largest absolute Gasteiger partial charge is 0.314 e. The van der Waals surface area contributed by atoms with Crippen LogP contribution in [0.15, 0.2) is 54.6 Å². The topological polar surface area (TPSA) is 39.1 Å². The number of hydrogen-bond acceptors (Lipinski definition) is 2. The Morgan fingerprint density at radius 1 is 1.00 bits per heavy atom. The lowest BCUT2D eigenvalue weighted by molar-refractivity contribution is -0.117. The van der Waals surface area contributed by atoms with Crippen molar-refractivity contribution in [3.63, 3.8) is 0 Å². The number of hydrogen-bond donors (Lipinski definition) is 0. The van der Waals surface area contributed by atoms with Gasteiger partial charge in [-0.1, -0.05) is 18.2 Å². The van der Waals surface area contributed by atoms with Crippen molar-refractivity contribution in [3.8, 4) is 5.69 Å². The van der Waals surface area contributed by atoms with Crippen molar-refractivity contribution in [3.05, 3.63) is 71.6 Å². The molecule has 1 aliphatic carbocycles. The van der Waals surface area contributed by atoms with E-state index in [0.29, 0.717) is 18.4 Å². The van der Waals surface area contributed by atoms with Crippen LogP contribution >= 0.6 is 0 Å². The Bertz CT molecular complexity index is 851. The highest BCUT2D eigenvalue weighted by atomic mass is 16.1. The van der Waals surface area contributed by atoms with Crippen molar-refractivity contribution >= 4 is 17.1 Å². The SMILES string of the molecule is CC(=O)CCc1ccc(C2=CCCC=C2)n1-c1ccc(C(C)=O)cc1. The molecular formula is C22H23NO2. The van der Waals surface area contributed by atoms with E-state index in [1.165, 1.54) is 5.57 Å². The number of carbonyl (C=O) groups is 2. The molecule has 0 radical (unpaired) electrons. The molecule has 0 saturated heterocycles. The van der Waals surface area contributed by atoms with Crippen LogP contribution in [0.5, 0.6) is 0 Å². The molecule has 1 aromatic heterocycles. The number of benzene rings is 1.